The number of methoxy groups -OCH3 is 1. The van der Waals surface area contributed by atoms with Gasteiger partial charge in [0.15, 0.2) is 5.69 Å². The summed E-state index contributed by atoms with van der Waals surface area (Å²) in [6, 6.07) is 0.269. The van der Waals surface area contributed by atoms with Crippen molar-refractivity contribution in [2.45, 2.75) is 32.9 Å². The number of aromatic nitrogens is 2. The van der Waals surface area contributed by atoms with Gasteiger partial charge in [-0.05, 0) is 13.8 Å². The Labute approximate surface area is 94.8 Å². The Morgan fingerprint density at radius 3 is 2.94 bits per heavy atom. The number of carbonyl (C=O) groups excluding carboxylic acids is 1. The number of hydrogen-bond acceptors (Lipinski definition) is 4. The summed E-state index contributed by atoms with van der Waals surface area (Å²) < 4.78 is 6.69. The van der Waals surface area contributed by atoms with E-state index in [9.17, 15) is 4.79 Å². The van der Waals surface area contributed by atoms with Gasteiger partial charge in [-0.1, -0.05) is 0 Å². The molecule has 0 spiro atoms. The number of hydrogen-bond donors (Lipinski definition) is 1. The number of fused-ring (bicyclic) bond motifs is 1. The highest BCUT2D eigenvalue weighted by Gasteiger charge is 2.25. The molecule has 0 radical (unpaired) electrons. The molecule has 1 aliphatic rings. The molecule has 0 fully saturated rings. The summed E-state index contributed by atoms with van der Waals surface area (Å²) in [7, 11) is 1.39. The SMILES string of the molecule is COC(=O)c1nn(C(C)C)c2c1CNCC2. The summed E-state index contributed by atoms with van der Waals surface area (Å²) in [5, 5.41) is 7.62. The molecule has 16 heavy (non-hydrogen) atoms. The lowest BCUT2D eigenvalue weighted by Crippen LogP contribution is -2.26. The van der Waals surface area contributed by atoms with E-state index in [1.165, 1.54) is 7.11 Å². The van der Waals surface area contributed by atoms with E-state index in [-0.39, 0.29) is 12.0 Å². The van der Waals surface area contributed by atoms with Crippen molar-refractivity contribution in [1.29, 1.82) is 0 Å². The molecule has 0 saturated carbocycles. The smallest absolute Gasteiger partial charge is 0.358 e. The van der Waals surface area contributed by atoms with Crippen LogP contribution in [0.1, 0.15) is 41.6 Å². The molecule has 1 N–H and O–H groups in total. The molecule has 0 unspecified atom stereocenters. The van der Waals surface area contributed by atoms with Crippen LogP contribution in [0.15, 0.2) is 0 Å². The Morgan fingerprint density at radius 1 is 1.56 bits per heavy atom. The zero-order valence-corrected chi connectivity index (χ0v) is 9.91. The molecule has 0 aliphatic carbocycles. The molecule has 0 atom stereocenters. The molecule has 5 heteroatoms. The molecule has 0 bridgehead atoms. The Morgan fingerprint density at radius 2 is 2.31 bits per heavy atom. The van der Waals surface area contributed by atoms with Gasteiger partial charge in [-0.25, -0.2) is 4.79 Å². The van der Waals surface area contributed by atoms with Gasteiger partial charge in [0.25, 0.3) is 0 Å². The first-order valence-electron chi connectivity index (χ1n) is 5.54. The normalized spacial score (nSPS) is 15.0. The van der Waals surface area contributed by atoms with Gasteiger partial charge in [-0.2, -0.15) is 5.10 Å². The monoisotopic (exact) mass is 223 g/mol. The van der Waals surface area contributed by atoms with Crippen LogP contribution in [0.2, 0.25) is 0 Å². The number of nitrogens with one attached hydrogen (secondary N) is 1. The summed E-state index contributed by atoms with van der Waals surface area (Å²) >= 11 is 0. The number of rotatable bonds is 2. The third-order valence-corrected chi connectivity index (χ3v) is 2.83. The van der Waals surface area contributed by atoms with Gasteiger partial charge >= 0.3 is 5.97 Å². The zero-order chi connectivity index (χ0) is 11.7. The summed E-state index contributed by atoms with van der Waals surface area (Å²) in [5.74, 6) is -0.348. The molecule has 1 aromatic rings. The molecule has 0 amide bonds. The lowest BCUT2D eigenvalue weighted by molar-refractivity contribution is 0.0591. The van der Waals surface area contributed by atoms with Gasteiger partial charge in [0, 0.05) is 36.8 Å². The molecule has 88 valence electrons. The van der Waals surface area contributed by atoms with Gasteiger partial charge in [-0.15, -0.1) is 0 Å². The van der Waals surface area contributed by atoms with Crippen molar-refractivity contribution in [3.05, 3.63) is 17.0 Å². The fraction of sp³-hybridized carbons (Fsp3) is 0.636. The average Bonchev–Trinajstić information content (AvgIpc) is 2.67. The predicted molar refractivity (Wildman–Crippen MR) is 59.4 cm³/mol. The maximum atomic E-state index is 11.6. The van der Waals surface area contributed by atoms with Crippen LogP contribution in [0.25, 0.3) is 0 Å². The molecular weight excluding hydrogens is 206 g/mol. The fourth-order valence-electron chi connectivity index (χ4n) is 2.06. The van der Waals surface area contributed by atoms with Crippen molar-refractivity contribution in [2.75, 3.05) is 13.7 Å². The van der Waals surface area contributed by atoms with E-state index in [1.54, 1.807) is 0 Å². The second-order valence-electron chi connectivity index (χ2n) is 4.23. The van der Waals surface area contributed by atoms with Crippen molar-refractivity contribution in [2.24, 2.45) is 0 Å². The topological polar surface area (TPSA) is 56.1 Å². The highest BCUT2D eigenvalue weighted by Crippen LogP contribution is 2.22. The van der Waals surface area contributed by atoms with E-state index in [0.717, 1.165) is 24.2 Å². The molecule has 1 aromatic heterocycles. The minimum atomic E-state index is -0.348. The molecule has 0 aromatic carbocycles. The standard InChI is InChI=1S/C11H17N3O2/c1-7(2)14-9-4-5-12-6-8(9)10(13-14)11(15)16-3/h7,12H,4-6H2,1-3H3. The first kappa shape index (κ1) is 11.1. The van der Waals surface area contributed by atoms with Crippen LogP contribution in [0.5, 0.6) is 0 Å². The lowest BCUT2D eigenvalue weighted by atomic mass is 10.1. The van der Waals surface area contributed by atoms with E-state index in [1.807, 2.05) is 4.68 Å². The van der Waals surface area contributed by atoms with Crippen LogP contribution in [0.4, 0.5) is 0 Å². The quantitative estimate of drug-likeness (QED) is 0.757. The van der Waals surface area contributed by atoms with Crippen molar-refractivity contribution in [1.82, 2.24) is 15.1 Å². The highest BCUT2D eigenvalue weighted by molar-refractivity contribution is 5.89. The van der Waals surface area contributed by atoms with E-state index in [2.05, 4.69) is 24.3 Å². The molecule has 2 rings (SSSR count). The number of carbonyl (C=O) groups is 1. The average molecular weight is 223 g/mol. The van der Waals surface area contributed by atoms with Gasteiger partial charge in [0.1, 0.15) is 0 Å². The van der Waals surface area contributed by atoms with Crippen molar-refractivity contribution in [3.8, 4) is 0 Å². The minimum Gasteiger partial charge on any atom is -0.464 e. The van der Waals surface area contributed by atoms with E-state index in [4.69, 9.17) is 4.74 Å². The first-order valence-corrected chi connectivity index (χ1v) is 5.54. The maximum absolute atomic E-state index is 11.6. The largest absolute Gasteiger partial charge is 0.464 e. The van der Waals surface area contributed by atoms with Gasteiger partial charge in [0.05, 0.1) is 7.11 Å². The van der Waals surface area contributed by atoms with Crippen LogP contribution in [0.3, 0.4) is 0 Å². The predicted octanol–water partition coefficient (Wildman–Crippen LogP) is 0.896. The number of esters is 1. The zero-order valence-electron chi connectivity index (χ0n) is 9.91. The van der Waals surface area contributed by atoms with Crippen LogP contribution >= 0.6 is 0 Å². The molecule has 5 nitrogen and oxygen atoms in total. The van der Waals surface area contributed by atoms with Gasteiger partial charge < -0.3 is 10.1 Å². The second-order valence-corrected chi connectivity index (χ2v) is 4.23. The van der Waals surface area contributed by atoms with E-state index >= 15 is 0 Å². The Bertz CT molecular complexity index is 410. The summed E-state index contributed by atoms with van der Waals surface area (Å²) in [5.41, 5.74) is 2.61. The maximum Gasteiger partial charge on any atom is 0.358 e. The molecule has 0 saturated heterocycles. The highest BCUT2D eigenvalue weighted by atomic mass is 16.5. The van der Waals surface area contributed by atoms with Gasteiger partial charge in [0.2, 0.25) is 0 Å². The minimum absolute atomic E-state index is 0.269. The van der Waals surface area contributed by atoms with Crippen molar-refractivity contribution >= 4 is 5.97 Å². The molecule has 1 aliphatic heterocycles. The Balaban J connectivity index is 2.50. The van der Waals surface area contributed by atoms with E-state index in [0.29, 0.717) is 12.2 Å². The van der Waals surface area contributed by atoms with Crippen LogP contribution in [-0.4, -0.2) is 29.4 Å². The molecule has 2 heterocycles. The Kier molecular flexibility index (Phi) is 2.96. The third kappa shape index (κ3) is 1.71. The van der Waals surface area contributed by atoms with Gasteiger partial charge in [-0.3, -0.25) is 4.68 Å². The third-order valence-electron chi connectivity index (χ3n) is 2.83. The summed E-state index contributed by atoms with van der Waals surface area (Å²) in [6.45, 7) is 5.77. The lowest BCUT2D eigenvalue weighted by Gasteiger charge is -2.17. The Hall–Kier alpha value is -1.36. The number of nitrogens with zero attached hydrogens (tertiary/aromatic N) is 2. The number of ether oxygens (including phenoxy) is 1. The fourth-order valence-corrected chi connectivity index (χ4v) is 2.06. The second kappa shape index (κ2) is 4.25. The first-order chi connectivity index (χ1) is 7.65. The van der Waals surface area contributed by atoms with Crippen LogP contribution < -0.4 is 5.32 Å². The summed E-state index contributed by atoms with van der Waals surface area (Å²) in [4.78, 5) is 11.6. The van der Waals surface area contributed by atoms with E-state index < -0.39 is 0 Å². The van der Waals surface area contributed by atoms with Crippen molar-refractivity contribution < 1.29 is 9.53 Å². The summed E-state index contributed by atoms with van der Waals surface area (Å²) in [6.07, 6.45) is 0.914. The van der Waals surface area contributed by atoms with Crippen LogP contribution in [-0.2, 0) is 17.7 Å². The van der Waals surface area contributed by atoms with Crippen molar-refractivity contribution in [3.63, 3.8) is 0 Å². The molecular formula is C11H17N3O2. The van der Waals surface area contributed by atoms with Crippen LogP contribution in [0, 0.1) is 0 Å².